The van der Waals surface area contributed by atoms with E-state index >= 15 is 0 Å². The van der Waals surface area contributed by atoms with E-state index in [-0.39, 0.29) is 23.4 Å². The number of carbonyl (C=O) groups is 1. The second-order valence-electron chi connectivity index (χ2n) is 6.97. The molecule has 0 spiro atoms. The number of alkyl halides is 5. The van der Waals surface area contributed by atoms with Crippen LogP contribution in [0.3, 0.4) is 0 Å². The Morgan fingerprint density at radius 2 is 1.88 bits per heavy atom. The van der Waals surface area contributed by atoms with Crippen molar-refractivity contribution >= 4 is 17.3 Å². The second kappa shape index (κ2) is 9.70. The molecule has 0 saturated heterocycles. The molecule has 0 bridgehead atoms. The van der Waals surface area contributed by atoms with E-state index in [0.29, 0.717) is 17.8 Å². The van der Waals surface area contributed by atoms with Gasteiger partial charge in [0.05, 0.1) is 17.7 Å². The highest BCUT2D eigenvalue weighted by Gasteiger charge is 2.33. The molecule has 1 aromatic carbocycles. The van der Waals surface area contributed by atoms with Crippen molar-refractivity contribution in [1.29, 1.82) is 5.26 Å². The second-order valence-corrected chi connectivity index (χ2v) is 6.97. The normalized spacial score (nSPS) is 11.2. The molecule has 0 unspecified atom stereocenters. The van der Waals surface area contributed by atoms with E-state index in [1.54, 1.807) is 6.07 Å². The largest absolute Gasteiger partial charge is 0.435 e. The highest BCUT2D eigenvalue weighted by Crippen LogP contribution is 2.36. The van der Waals surface area contributed by atoms with Crippen molar-refractivity contribution in [2.24, 2.45) is 7.05 Å². The fourth-order valence-corrected chi connectivity index (χ4v) is 3.07. The zero-order valence-corrected chi connectivity index (χ0v) is 17.4. The fourth-order valence-electron chi connectivity index (χ4n) is 3.07. The predicted octanol–water partition coefficient (Wildman–Crippen LogP) is 4.18. The number of aryl methyl sites for hydroxylation is 1. The van der Waals surface area contributed by atoms with E-state index in [9.17, 15) is 36.8 Å². The van der Waals surface area contributed by atoms with Crippen LogP contribution in [0.5, 0.6) is 5.75 Å². The molecule has 1 amide bonds. The SMILES string of the molecule is Cn1cc(CC(=O)N(c2ccc(OC(F)F)cc2)c2cc(C(F)(F)F)cnc2C#N)ccc1=O. The minimum Gasteiger partial charge on any atom is -0.435 e. The molecule has 2 heterocycles. The van der Waals surface area contributed by atoms with Gasteiger partial charge in [0, 0.05) is 31.2 Å². The van der Waals surface area contributed by atoms with Gasteiger partial charge in [-0.3, -0.25) is 14.5 Å². The molecular weight excluding hydrogens is 463 g/mol. The van der Waals surface area contributed by atoms with E-state index in [1.807, 2.05) is 0 Å². The van der Waals surface area contributed by atoms with E-state index in [2.05, 4.69) is 9.72 Å². The van der Waals surface area contributed by atoms with Gasteiger partial charge in [-0.15, -0.1) is 0 Å². The highest BCUT2D eigenvalue weighted by atomic mass is 19.4. The van der Waals surface area contributed by atoms with Crippen LogP contribution in [-0.4, -0.2) is 22.1 Å². The number of halogens is 5. The average Bonchev–Trinajstić information content (AvgIpc) is 2.76. The van der Waals surface area contributed by atoms with Gasteiger partial charge < -0.3 is 9.30 Å². The van der Waals surface area contributed by atoms with Crippen molar-refractivity contribution in [3.63, 3.8) is 0 Å². The number of anilines is 2. The first-order valence-corrected chi connectivity index (χ1v) is 9.50. The Bertz CT molecular complexity index is 1300. The molecule has 0 aliphatic rings. The van der Waals surface area contributed by atoms with Gasteiger partial charge in [0.1, 0.15) is 11.8 Å². The van der Waals surface area contributed by atoms with Gasteiger partial charge in [-0.1, -0.05) is 6.07 Å². The Kier molecular flexibility index (Phi) is 6.95. The minimum atomic E-state index is -4.81. The van der Waals surface area contributed by atoms with E-state index < -0.39 is 35.6 Å². The van der Waals surface area contributed by atoms with E-state index in [4.69, 9.17) is 0 Å². The molecule has 0 saturated carbocycles. The van der Waals surface area contributed by atoms with Gasteiger partial charge in [0.15, 0.2) is 5.69 Å². The monoisotopic (exact) mass is 478 g/mol. The smallest absolute Gasteiger partial charge is 0.417 e. The van der Waals surface area contributed by atoms with Crippen LogP contribution in [0.1, 0.15) is 16.8 Å². The van der Waals surface area contributed by atoms with Gasteiger partial charge in [0.25, 0.3) is 0 Å². The summed E-state index contributed by atoms with van der Waals surface area (Å²) in [5.41, 5.74) is -2.10. The van der Waals surface area contributed by atoms with Crippen LogP contribution in [-0.2, 0) is 24.4 Å². The van der Waals surface area contributed by atoms with Crippen molar-refractivity contribution in [2.45, 2.75) is 19.2 Å². The summed E-state index contributed by atoms with van der Waals surface area (Å²) >= 11 is 0. The number of aromatic nitrogens is 2. The summed E-state index contributed by atoms with van der Waals surface area (Å²) in [6, 6.07) is 9.41. The number of hydrogen-bond donors (Lipinski definition) is 0. The topological polar surface area (TPSA) is 88.2 Å². The highest BCUT2D eigenvalue weighted by molar-refractivity contribution is 6.02. The van der Waals surface area contributed by atoms with Gasteiger partial charge in [0.2, 0.25) is 11.5 Å². The van der Waals surface area contributed by atoms with Crippen LogP contribution in [0.2, 0.25) is 0 Å². The van der Waals surface area contributed by atoms with Gasteiger partial charge in [-0.2, -0.15) is 27.2 Å². The molecule has 34 heavy (non-hydrogen) atoms. The number of pyridine rings is 2. The minimum absolute atomic E-state index is 0.0194. The first kappa shape index (κ1) is 24.4. The maximum Gasteiger partial charge on any atom is 0.417 e. The predicted molar refractivity (Wildman–Crippen MR) is 110 cm³/mol. The van der Waals surface area contributed by atoms with Crippen molar-refractivity contribution in [1.82, 2.24) is 9.55 Å². The van der Waals surface area contributed by atoms with Crippen molar-refractivity contribution in [3.8, 4) is 11.8 Å². The van der Waals surface area contributed by atoms with E-state index in [0.717, 1.165) is 17.0 Å². The third-order valence-corrected chi connectivity index (χ3v) is 4.61. The lowest BCUT2D eigenvalue weighted by Gasteiger charge is -2.25. The maximum absolute atomic E-state index is 13.3. The summed E-state index contributed by atoms with van der Waals surface area (Å²) in [6.45, 7) is -3.11. The molecule has 176 valence electrons. The Morgan fingerprint density at radius 1 is 1.21 bits per heavy atom. The molecule has 0 aliphatic heterocycles. The van der Waals surface area contributed by atoms with E-state index in [1.165, 1.54) is 42.1 Å². The molecule has 0 N–H and O–H groups in total. The first-order valence-electron chi connectivity index (χ1n) is 9.50. The summed E-state index contributed by atoms with van der Waals surface area (Å²) in [5.74, 6) is -1.01. The zero-order chi connectivity index (χ0) is 25.0. The standard InChI is InChI=1S/C22H15F5N4O3/c1-30-12-13(2-7-19(30)32)8-20(33)31(15-3-5-16(6-4-15)34-21(23)24)18-9-14(22(25,26)27)11-29-17(18)10-28/h2-7,9,11-12,21H,8H2,1H3. The van der Waals surface area contributed by atoms with Crippen LogP contribution < -0.4 is 15.2 Å². The number of amides is 1. The third kappa shape index (κ3) is 5.55. The molecule has 7 nitrogen and oxygen atoms in total. The Hall–Kier alpha value is -4.27. The quantitative estimate of drug-likeness (QED) is 0.496. The number of ether oxygens (including phenoxy) is 1. The number of rotatable bonds is 6. The number of nitriles is 1. The van der Waals surface area contributed by atoms with Crippen LogP contribution in [0.25, 0.3) is 0 Å². The van der Waals surface area contributed by atoms with Crippen molar-refractivity contribution < 1.29 is 31.5 Å². The van der Waals surface area contributed by atoms with Crippen LogP contribution >= 0.6 is 0 Å². The molecule has 3 aromatic rings. The van der Waals surface area contributed by atoms with Crippen molar-refractivity contribution in [3.05, 3.63) is 82.0 Å². The van der Waals surface area contributed by atoms with Gasteiger partial charge in [-0.25, -0.2) is 4.98 Å². The molecule has 12 heteroatoms. The number of benzene rings is 1. The van der Waals surface area contributed by atoms with Gasteiger partial charge in [-0.05, 0) is 35.9 Å². The Labute approximate surface area is 189 Å². The molecule has 2 aromatic heterocycles. The third-order valence-electron chi connectivity index (χ3n) is 4.61. The Balaban J connectivity index is 2.12. The van der Waals surface area contributed by atoms with Crippen LogP contribution in [0, 0.1) is 11.3 Å². The Morgan fingerprint density at radius 3 is 2.44 bits per heavy atom. The number of hydrogen-bond acceptors (Lipinski definition) is 5. The summed E-state index contributed by atoms with van der Waals surface area (Å²) in [6.07, 6.45) is -3.31. The molecule has 3 rings (SSSR count). The zero-order valence-electron chi connectivity index (χ0n) is 17.4. The average molecular weight is 478 g/mol. The lowest BCUT2D eigenvalue weighted by molar-refractivity contribution is -0.137. The summed E-state index contributed by atoms with van der Waals surface area (Å²) < 4.78 is 70.4. The van der Waals surface area contributed by atoms with Crippen LogP contribution in [0.4, 0.5) is 33.3 Å². The van der Waals surface area contributed by atoms with Crippen LogP contribution in [0.15, 0.2) is 59.7 Å². The molecule has 0 atom stereocenters. The molecule has 0 aliphatic carbocycles. The maximum atomic E-state index is 13.3. The number of carbonyl (C=O) groups excluding carboxylic acids is 1. The lowest BCUT2D eigenvalue weighted by Crippen LogP contribution is -2.29. The summed E-state index contributed by atoms with van der Waals surface area (Å²) in [5, 5.41) is 9.42. The molecule has 0 fully saturated rings. The lowest BCUT2D eigenvalue weighted by atomic mass is 10.1. The summed E-state index contributed by atoms with van der Waals surface area (Å²) in [7, 11) is 1.46. The fraction of sp³-hybridized carbons (Fsp3) is 0.182. The molecular formula is C22H15F5N4O3. The van der Waals surface area contributed by atoms with Gasteiger partial charge >= 0.3 is 12.8 Å². The molecule has 0 radical (unpaired) electrons. The van der Waals surface area contributed by atoms with Crippen molar-refractivity contribution in [2.75, 3.05) is 4.90 Å². The first-order chi connectivity index (χ1) is 16.0. The summed E-state index contributed by atoms with van der Waals surface area (Å²) in [4.78, 5) is 29.2. The number of nitrogens with zero attached hydrogens (tertiary/aromatic N) is 4.